The molecule has 1 aromatic carbocycles. The fourth-order valence-electron chi connectivity index (χ4n) is 2.03. The summed E-state index contributed by atoms with van der Waals surface area (Å²) in [6, 6.07) is 9.91. The second kappa shape index (κ2) is 8.26. The average molecular weight is 377 g/mol. The van der Waals surface area contributed by atoms with Gasteiger partial charge in [-0.25, -0.2) is 4.39 Å². The summed E-state index contributed by atoms with van der Waals surface area (Å²) in [6.45, 7) is 2.19. The normalized spacial score (nSPS) is 12.1. The Morgan fingerprint density at radius 1 is 1.36 bits per heavy atom. The van der Waals surface area contributed by atoms with Crippen LogP contribution >= 0.6 is 23.1 Å². The van der Waals surface area contributed by atoms with E-state index >= 15 is 0 Å². The van der Waals surface area contributed by atoms with Gasteiger partial charge in [-0.2, -0.15) is 4.98 Å². The molecule has 3 rings (SSSR count). The maximum Gasteiger partial charge on any atom is 0.237 e. The van der Waals surface area contributed by atoms with Crippen LogP contribution in [0.3, 0.4) is 0 Å². The third-order valence-corrected chi connectivity index (χ3v) is 5.41. The molecule has 3 aromatic rings. The third-order valence-electron chi connectivity index (χ3n) is 3.42. The maximum absolute atomic E-state index is 12.9. The second-order valence-corrected chi connectivity index (χ2v) is 7.56. The van der Waals surface area contributed by atoms with E-state index in [-0.39, 0.29) is 17.0 Å². The van der Waals surface area contributed by atoms with Gasteiger partial charge in [0.2, 0.25) is 17.6 Å². The highest BCUT2D eigenvalue weighted by molar-refractivity contribution is 7.99. The van der Waals surface area contributed by atoms with E-state index in [4.69, 9.17) is 4.52 Å². The lowest BCUT2D eigenvalue weighted by Crippen LogP contribution is -2.30. The highest BCUT2D eigenvalue weighted by Gasteiger charge is 2.16. The Morgan fingerprint density at radius 3 is 2.88 bits per heavy atom. The Kier molecular flexibility index (Phi) is 5.83. The smallest absolute Gasteiger partial charge is 0.237 e. The van der Waals surface area contributed by atoms with Crippen LogP contribution < -0.4 is 5.32 Å². The number of hydrogen-bond acceptors (Lipinski definition) is 6. The van der Waals surface area contributed by atoms with Crippen molar-refractivity contribution in [2.75, 3.05) is 0 Å². The molecular weight excluding hydrogens is 361 g/mol. The summed E-state index contributed by atoms with van der Waals surface area (Å²) in [5, 5.41) is 8.47. The lowest BCUT2D eigenvalue weighted by Gasteiger charge is -2.11. The molecule has 0 aliphatic heterocycles. The molecule has 8 heteroatoms. The van der Waals surface area contributed by atoms with Gasteiger partial charge in [-0.05, 0) is 36.1 Å². The van der Waals surface area contributed by atoms with Crippen LogP contribution in [0.4, 0.5) is 4.39 Å². The minimum Gasteiger partial charge on any atom is -0.351 e. The van der Waals surface area contributed by atoms with E-state index in [1.165, 1.54) is 23.9 Å². The largest absolute Gasteiger partial charge is 0.351 e. The first kappa shape index (κ1) is 17.6. The molecule has 2 aromatic heterocycles. The Bertz CT molecular complexity index is 819. The van der Waals surface area contributed by atoms with Crippen LogP contribution in [0.5, 0.6) is 0 Å². The highest BCUT2D eigenvalue weighted by Crippen LogP contribution is 2.23. The molecule has 0 radical (unpaired) electrons. The van der Waals surface area contributed by atoms with Gasteiger partial charge in [0.15, 0.2) is 0 Å². The molecule has 5 nitrogen and oxygen atoms in total. The molecule has 0 fully saturated rings. The predicted octanol–water partition coefficient (Wildman–Crippen LogP) is 3.88. The third kappa shape index (κ3) is 4.90. The standard InChI is InChI=1S/C17H16FN3O2S2/c1-11(17(22)19-9-12-4-6-13(18)7-5-12)25-10-15-20-16(21-23-15)14-3-2-8-24-14/h2-8,11H,9-10H2,1H3,(H,19,22). The molecule has 0 spiro atoms. The van der Waals surface area contributed by atoms with Gasteiger partial charge in [0.25, 0.3) is 0 Å². The van der Waals surface area contributed by atoms with Crippen LogP contribution in [0.15, 0.2) is 46.3 Å². The number of thioether (sulfide) groups is 1. The minimum absolute atomic E-state index is 0.0904. The van der Waals surface area contributed by atoms with E-state index in [2.05, 4.69) is 15.5 Å². The first-order chi connectivity index (χ1) is 12.1. The zero-order chi connectivity index (χ0) is 17.6. The number of benzene rings is 1. The first-order valence-electron chi connectivity index (χ1n) is 7.62. The van der Waals surface area contributed by atoms with Gasteiger partial charge in [-0.3, -0.25) is 4.79 Å². The lowest BCUT2D eigenvalue weighted by atomic mass is 10.2. The maximum atomic E-state index is 12.9. The molecule has 1 N–H and O–H groups in total. The molecule has 0 aliphatic carbocycles. The van der Waals surface area contributed by atoms with Crippen LogP contribution in [0, 0.1) is 5.82 Å². The van der Waals surface area contributed by atoms with E-state index in [1.807, 2.05) is 24.4 Å². The molecule has 1 unspecified atom stereocenters. The number of carbonyl (C=O) groups excluding carboxylic acids is 1. The summed E-state index contributed by atoms with van der Waals surface area (Å²) in [4.78, 5) is 17.4. The van der Waals surface area contributed by atoms with Crippen LogP contribution in [0.25, 0.3) is 10.7 Å². The van der Waals surface area contributed by atoms with Crippen molar-refractivity contribution in [1.82, 2.24) is 15.5 Å². The van der Waals surface area contributed by atoms with Crippen LogP contribution in [0.2, 0.25) is 0 Å². The van der Waals surface area contributed by atoms with Gasteiger partial charge in [-0.15, -0.1) is 23.1 Å². The summed E-state index contributed by atoms with van der Waals surface area (Å²) < 4.78 is 18.1. The van der Waals surface area contributed by atoms with Crippen molar-refractivity contribution in [1.29, 1.82) is 0 Å². The number of amides is 1. The van der Waals surface area contributed by atoms with Crippen molar-refractivity contribution in [2.24, 2.45) is 0 Å². The number of rotatable bonds is 7. The van der Waals surface area contributed by atoms with Gasteiger partial charge < -0.3 is 9.84 Å². The zero-order valence-electron chi connectivity index (χ0n) is 13.4. The molecular formula is C17H16FN3O2S2. The summed E-state index contributed by atoms with van der Waals surface area (Å²) in [6.07, 6.45) is 0. The summed E-state index contributed by atoms with van der Waals surface area (Å²) in [5.74, 6) is 1.14. The number of halogens is 1. The monoisotopic (exact) mass is 377 g/mol. The van der Waals surface area contributed by atoms with Crippen molar-refractivity contribution in [3.05, 3.63) is 59.0 Å². The van der Waals surface area contributed by atoms with Crippen molar-refractivity contribution in [2.45, 2.75) is 24.5 Å². The molecule has 25 heavy (non-hydrogen) atoms. The summed E-state index contributed by atoms with van der Waals surface area (Å²) in [7, 11) is 0. The number of thiophene rings is 1. The van der Waals surface area contributed by atoms with Gasteiger partial charge in [-0.1, -0.05) is 23.4 Å². The van der Waals surface area contributed by atoms with Crippen molar-refractivity contribution in [3.8, 4) is 10.7 Å². The SMILES string of the molecule is CC(SCc1nc(-c2cccs2)no1)C(=O)NCc1ccc(F)cc1. The zero-order valence-corrected chi connectivity index (χ0v) is 15.1. The van der Waals surface area contributed by atoms with E-state index in [0.29, 0.717) is 24.0 Å². The van der Waals surface area contributed by atoms with Gasteiger partial charge in [0.1, 0.15) is 5.82 Å². The Labute approximate surface area is 152 Å². The highest BCUT2D eigenvalue weighted by atomic mass is 32.2. The van der Waals surface area contributed by atoms with E-state index in [9.17, 15) is 9.18 Å². The summed E-state index contributed by atoms with van der Waals surface area (Å²) in [5.41, 5.74) is 0.851. The van der Waals surface area contributed by atoms with E-state index in [0.717, 1.165) is 10.4 Å². The number of nitrogens with zero attached hydrogens (tertiary/aromatic N) is 2. The van der Waals surface area contributed by atoms with Gasteiger partial charge >= 0.3 is 0 Å². The number of aromatic nitrogens is 2. The Morgan fingerprint density at radius 2 is 2.16 bits per heavy atom. The second-order valence-electron chi connectivity index (χ2n) is 5.29. The van der Waals surface area contributed by atoms with Crippen LogP contribution in [-0.4, -0.2) is 21.3 Å². The molecule has 0 saturated carbocycles. The van der Waals surface area contributed by atoms with Gasteiger partial charge in [0.05, 0.1) is 15.9 Å². The molecule has 0 bridgehead atoms. The van der Waals surface area contributed by atoms with Crippen molar-refractivity contribution < 1.29 is 13.7 Å². The van der Waals surface area contributed by atoms with E-state index < -0.39 is 0 Å². The molecule has 1 atom stereocenters. The quantitative estimate of drug-likeness (QED) is 0.677. The van der Waals surface area contributed by atoms with E-state index in [1.54, 1.807) is 23.5 Å². The fourth-order valence-corrected chi connectivity index (χ4v) is 3.42. The van der Waals surface area contributed by atoms with Crippen molar-refractivity contribution >= 4 is 29.0 Å². The number of carbonyl (C=O) groups is 1. The van der Waals surface area contributed by atoms with Crippen LogP contribution in [0.1, 0.15) is 18.4 Å². The van der Waals surface area contributed by atoms with Crippen molar-refractivity contribution in [3.63, 3.8) is 0 Å². The molecule has 0 saturated heterocycles. The molecule has 130 valence electrons. The predicted molar refractivity (Wildman–Crippen MR) is 96.6 cm³/mol. The Balaban J connectivity index is 1.46. The first-order valence-corrected chi connectivity index (χ1v) is 9.55. The lowest BCUT2D eigenvalue weighted by molar-refractivity contribution is -0.120. The number of nitrogens with one attached hydrogen (secondary N) is 1. The number of hydrogen-bond donors (Lipinski definition) is 1. The van der Waals surface area contributed by atoms with Crippen LogP contribution in [-0.2, 0) is 17.1 Å². The Hall–Kier alpha value is -2.19. The molecule has 2 heterocycles. The summed E-state index contributed by atoms with van der Waals surface area (Å²) >= 11 is 2.97. The fraction of sp³-hybridized carbons (Fsp3) is 0.235. The minimum atomic E-state index is -0.291. The average Bonchev–Trinajstić information content (AvgIpc) is 3.30. The molecule has 0 aliphatic rings. The topological polar surface area (TPSA) is 68.0 Å². The van der Waals surface area contributed by atoms with Gasteiger partial charge in [0, 0.05) is 6.54 Å². The molecule has 1 amide bonds.